The summed E-state index contributed by atoms with van der Waals surface area (Å²) in [5.74, 6) is -1.30. The van der Waals surface area contributed by atoms with Gasteiger partial charge in [-0.2, -0.15) is 0 Å². The normalized spacial score (nSPS) is 10.3. The van der Waals surface area contributed by atoms with Crippen LogP contribution in [-0.4, -0.2) is 17.7 Å². The largest absolute Gasteiger partial charge is 0.494 e. The number of carbonyl (C=O) groups is 1. The lowest BCUT2D eigenvalue weighted by Gasteiger charge is -2.09. The van der Waals surface area contributed by atoms with Crippen molar-refractivity contribution < 1.29 is 19.0 Å². The van der Waals surface area contributed by atoms with Crippen LogP contribution in [0.15, 0.2) is 42.5 Å². The number of halogens is 1. The van der Waals surface area contributed by atoms with E-state index in [4.69, 9.17) is 9.84 Å². The Balaban J connectivity index is 2.37. The molecule has 2 aromatic rings. The molecule has 0 heterocycles. The van der Waals surface area contributed by atoms with Gasteiger partial charge in [0.25, 0.3) is 0 Å². The van der Waals surface area contributed by atoms with Crippen LogP contribution in [0.5, 0.6) is 5.75 Å². The van der Waals surface area contributed by atoms with Crippen molar-refractivity contribution in [3.8, 4) is 16.9 Å². The smallest absolute Gasteiger partial charge is 0.339 e. The first-order valence-corrected chi connectivity index (χ1v) is 6.38. The molecule has 0 atom stereocenters. The van der Waals surface area contributed by atoms with Crippen LogP contribution < -0.4 is 4.74 Å². The summed E-state index contributed by atoms with van der Waals surface area (Å²) >= 11 is 0. The highest BCUT2D eigenvalue weighted by atomic mass is 19.1. The minimum absolute atomic E-state index is 0.310. The van der Waals surface area contributed by atoms with Crippen LogP contribution in [0.2, 0.25) is 0 Å². The lowest BCUT2D eigenvalue weighted by Crippen LogP contribution is -2.03. The van der Waals surface area contributed by atoms with Crippen LogP contribution in [0.25, 0.3) is 11.1 Å². The van der Waals surface area contributed by atoms with E-state index in [1.54, 1.807) is 30.3 Å². The van der Waals surface area contributed by atoms with Crippen LogP contribution >= 0.6 is 0 Å². The Labute approximate surface area is 116 Å². The molecular formula is C16H15FO3. The topological polar surface area (TPSA) is 46.5 Å². The Morgan fingerprint density at radius 1 is 1.20 bits per heavy atom. The molecule has 0 saturated heterocycles. The first-order chi connectivity index (χ1) is 9.63. The average molecular weight is 274 g/mol. The van der Waals surface area contributed by atoms with Gasteiger partial charge in [-0.25, -0.2) is 9.18 Å². The van der Waals surface area contributed by atoms with Crippen LogP contribution in [0.4, 0.5) is 4.39 Å². The molecule has 0 fully saturated rings. The number of rotatable bonds is 5. The van der Waals surface area contributed by atoms with Crippen molar-refractivity contribution in [3.05, 3.63) is 53.8 Å². The van der Waals surface area contributed by atoms with Gasteiger partial charge in [-0.3, -0.25) is 0 Å². The predicted octanol–water partition coefficient (Wildman–Crippen LogP) is 3.98. The van der Waals surface area contributed by atoms with Gasteiger partial charge in [0.05, 0.1) is 6.61 Å². The fourth-order valence-corrected chi connectivity index (χ4v) is 1.93. The summed E-state index contributed by atoms with van der Waals surface area (Å²) in [4.78, 5) is 11.2. The van der Waals surface area contributed by atoms with Crippen molar-refractivity contribution in [1.29, 1.82) is 0 Å². The second kappa shape index (κ2) is 6.19. The van der Waals surface area contributed by atoms with E-state index in [1.807, 2.05) is 6.92 Å². The maximum Gasteiger partial charge on any atom is 0.339 e. The number of hydrogen-bond donors (Lipinski definition) is 1. The summed E-state index contributed by atoms with van der Waals surface area (Å²) in [5.41, 5.74) is 0.694. The van der Waals surface area contributed by atoms with E-state index in [1.165, 1.54) is 6.07 Å². The highest BCUT2D eigenvalue weighted by Crippen LogP contribution is 2.27. The third-order valence-electron chi connectivity index (χ3n) is 2.87. The van der Waals surface area contributed by atoms with E-state index in [9.17, 15) is 9.18 Å². The summed E-state index contributed by atoms with van der Waals surface area (Å²) < 4.78 is 19.1. The molecule has 0 aliphatic heterocycles. The SMILES string of the molecule is CCCOc1ccc(-c2cccc(F)c2C(=O)O)cc1. The quantitative estimate of drug-likeness (QED) is 0.897. The number of carboxylic acids is 1. The summed E-state index contributed by atoms with van der Waals surface area (Å²) in [7, 11) is 0. The van der Waals surface area contributed by atoms with Gasteiger partial charge < -0.3 is 9.84 Å². The first-order valence-electron chi connectivity index (χ1n) is 6.38. The zero-order chi connectivity index (χ0) is 14.5. The molecule has 104 valence electrons. The highest BCUT2D eigenvalue weighted by Gasteiger charge is 2.16. The standard InChI is InChI=1S/C16H15FO3/c1-2-10-20-12-8-6-11(7-9-12)13-4-3-5-14(17)15(13)16(18)19/h3-9H,2,10H2,1H3,(H,18,19). The molecule has 0 amide bonds. The van der Waals surface area contributed by atoms with Gasteiger partial charge in [-0.05, 0) is 35.7 Å². The zero-order valence-electron chi connectivity index (χ0n) is 11.1. The lowest BCUT2D eigenvalue weighted by atomic mass is 9.99. The summed E-state index contributed by atoms with van der Waals surface area (Å²) in [5, 5.41) is 9.11. The summed E-state index contributed by atoms with van der Waals surface area (Å²) in [6, 6.07) is 11.2. The number of carboxylic acid groups (broad SMARTS) is 1. The van der Waals surface area contributed by atoms with Crippen molar-refractivity contribution >= 4 is 5.97 Å². The molecule has 0 aromatic heterocycles. The second-order valence-electron chi connectivity index (χ2n) is 4.34. The third kappa shape index (κ3) is 2.96. The molecule has 1 N–H and O–H groups in total. The summed E-state index contributed by atoms with van der Waals surface area (Å²) in [6.45, 7) is 2.64. The van der Waals surface area contributed by atoms with E-state index in [0.29, 0.717) is 23.5 Å². The molecular weight excluding hydrogens is 259 g/mol. The Morgan fingerprint density at radius 2 is 1.90 bits per heavy atom. The Hall–Kier alpha value is -2.36. The van der Waals surface area contributed by atoms with Crippen LogP contribution in [0.3, 0.4) is 0 Å². The Bertz CT molecular complexity index is 606. The van der Waals surface area contributed by atoms with Gasteiger partial charge >= 0.3 is 5.97 Å². The molecule has 0 radical (unpaired) electrons. The van der Waals surface area contributed by atoms with E-state index < -0.39 is 11.8 Å². The number of hydrogen-bond acceptors (Lipinski definition) is 2. The minimum Gasteiger partial charge on any atom is -0.494 e. The first kappa shape index (κ1) is 14.1. The maximum absolute atomic E-state index is 13.6. The third-order valence-corrected chi connectivity index (χ3v) is 2.87. The van der Waals surface area contributed by atoms with Gasteiger partial charge in [-0.15, -0.1) is 0 Å². The van der Waals surface area contributed by atoms with E-state index in [2.05, 4.69) is 0 Å². The molecule has 4 heteroatoms. The fourth-order valence-electron chi connectivity index (χ4n) is 1.93. The molecule has 0 unspecified atom stereocenters. The van der Waals surface area contributed by atoms with Crippen molar-refractivity contribution in [2.24, 2.45) is 0 Å². The molecule has 0 bridgehead atoms. The Morgan fingerprint density at radius 3 is 2.50 bits per heavy atom. The fraction of sp³-hybridized carbons (Fsp3) is 0.188. The minimum atomic E-state index is -1.27. The molecule has 0 spiro atoms. The number of benzene rings is 2. The molecule has 3 nitrogen and oxygen atoms in total. The van der Waals surface area contributed by atoms with Gasteiger partial charge in [-0.1, -0.05) is 31.2 Å². The van der Waals surface area contributed by atoms with Crippen molar-refractivity contribution in [2.45, 2.75) is 13.3 Å². The van der Waals surface area contributed by atoms with Crippen molar-refractivity contribution in [1.82, 2.24) is 0 Å². The van der Waals surface area contributed by atoms with Gasteiger partial charge in [0.2, 0.25) is 0 Å². The lowest BCUT2D eigenvalue weighted by molar-refractivity contribution is 0.0693. The van der Waals surface area contributed by atoms with E-state index in [-0.39, 0.29) is 5.56 Å². The molecule has 0 saturated carbocycles. The highest BCUT2D eigenvalue weighted by molar-refractivity contribution is 5.96. The van der Waals surface area contributed by atoms with Crippen LogP contribution in [0, 0.1) is 5.82 Å². The van der Waals surface area contributed by atoms with Crippen LogP contribution in [-0.2, 0) is 0 Å². The zero-order valence-corrected chi connectivity index (χ0v) is 11.1. The molecule has 0 aliphatic rings. The molecule has 0 aliphatic carbocycles. The molecule has 20 heavy (non-hydrogen) atoms. The summed E-state index contributed by atoms with van der Waals surface area (Å²) in [6.07, 6.45) is 0.912. The number of ether oxygens (including phenoxy) is 1. The van der Waals surface area contributed by atoms with E-state index in [0.717, 1.165) is 12.5 Å². The Kier molecular flexibility index (Phi) is 4.35. The van der Waals surface area contributed by atoms with Crippen molar-refractivity contribution in [2.75, 3.05) is 6.61 Å². The average Bonchev–Trinajstić information content (AvgIpc) is 2.45. The van der Waals surface area contributed by atoms with E-state index >= 15 is 0 Å². The second-order valence-corrected chi connectivity index (χ2v) is 4.34. The van der Waals surface area contributed by atoms with Crippen molar-refractivity contribution in [3.63, 3.8) is 0 Å². The number of aromatic carboxylic acids is 1. The molecule has 2 rings (SSSR count). The van der Waals surface area contributed by atoms with Crippen LogP contribution in [0.1, 0.15) is 23.7 Å². The molecule has 2 aromatic carbocycles. The van der Waals surface area contributed by atoms with Gasteiger partial charge in [0.1, 0.15) is 17.1 Å². The predicted molar refractivity (Wildman–Crippen MR) is 74.6 cm³/mol. The van der Waals surface area contributed by atoms with Gasteiger partial charge in [0.15, 0.2) is 0 Å². The monoisotopic (exact) mass is 274 g/mol. The maximum atomic E-state index is 13.6. The van der Waals surface area contributed by atoms with Gasteiger partial charge in [0, 0.05) is 0 Å².